The number of nitrogens with zero attached hydrogens (tertiary/aromatic N) is 1. The molecule has 22 nitrogen and oxygen atoms in total. The Kier molecular flexibility index (Phi) is 25.1. The number of urea groups is 1. The fourth-order valence-electron chi connectivity index (χ4n) is 5.90. The summed E-state index contributed by atoms with van der Waals surface area (Å²) in [5, 5.41) is 15.7. The molecule has 63 heavy (non-hydrogen) atoms. The van der Waals surface area contributed by atoms with Crippen LogP contribution in [-0.2, 0) is 68.6 Å². The van der Waals surface area contributed by atoms with Crippen molar-refractivity contribution in [3.8, 4) is 0 Å². The number of carbonyl (C=O) groups is 9. The predicted octanol–water partition coefficient (Wildman–Crippen LogP) is -0.765. The molecule has 22 heteroatoms. The van der Waals surface area contributed by atoms with Gasteiger partial charge in [0.1, 0.15) is 31.3 Å². The van der Waals surface area contributed by atoms with Crippen LogP contribution in [0.15, 0.2) is 24.3 Å². The Hall–Kier alpha value is -5.71. The first-order valence-electron chi connectivity index (χ1n) is 20.8. The predicted molar refractivity (Wildman–Crippen MR) is 225 cm³/mol. The van der Waals surface area contributed by atoms with E-state index in [-0.39, 0.29) is 65.0 Å². The Morgan fingerprint density at radius 3 is 1.95 bits per heavy atom. The van der Waals surface area contributed by atoms with Crippen LogP contribution in [0.3, 0.4) is 0 Å². The molecule has 1 aromatic rings. The lowest BCUT2D eigenvalue weighted by molar-refractivity contribution is -0.143. The first-order valence-corrected chi connectivity index (χ1v) is 20.8. The molecular weight excluding hydrogens is 828 g/mol. The van der Waals surface area contributed by atoms with Gasteiger partial charge in [-0.15, -0.1) is 0 Å². The summed E-state index contributed by atoms with van der Waals surface area (Å²) < 4.78 is 26.0. The molecule has 0 radical (unpaired) electrons. The number of nitrogens with one attached hydrogen (secondary N) is 6. The molecule has 1 saturated heterocycles. The number of esters is 1. The van der Waals surface area contributed by atoms with Gasteiger partial charge in [0.2, 0.25) is 41.4 Å². The summed E-state index contributed by atoms with van der Waals surface area (Å²) in [5.74, 6) is -6.03. The second-order valence-electron chi connectivity index (χ2n) is 15.0. The molecule has 0 bridgehead atoms. The first-order chi connectivity index (χ1) is 30.0. The summed E-state index contributed by atoms with van der Waals surface area (Å²) in [6, 6.07) is 1.96. The molecule has 1 aliphatic heterocycles. The smallest absolute Gasteiger partial charge is 0.312 e. The Morgan fingerprint density at radius 2 is 1.38 bits per heavy atom. The lowest BCUT2D eigenvalue weighted by Crippen LogP contribution is -2.58. The zero-order valence-electron chi connectivity index (χ0n) is 36.7. The van der Waals surface area contributed by atoms with Crippen molar-refractivity contribution in [1.29, 1.82) is 0 Å². The number of hydrogen-bond acceptors (Lipinski definition) is 14. The molecule has 9 amide bonds. The highest BCUT2D eigenvalue weighted by atomic mass is 16.6. The van der Waals surface area contributed by atoms with E-state index in [0.29, 0.717) is 44.3 Å². The van der Waals surface area contributed by atoms with Crippen molar-refractivity contribution in [2.45, 2.75) is 84.5 Å². The quantitative estimate of drug-likeness (QED) is 0.0274. The molecule has 1 aromatic carbocycles. The number of carbonyl (C=O) groups excluding carboxylic acids is 9. The second-order valence-corrected chi connectivity index (χ2v) is 15.0. The van der Waals surface area contributed by atoms with E-state index in [9.17, 15) is 43.2 Å². The number of likely N-dealkylation sites (tertiary alicyclic amines) is 1. The van der Waals surface area contributed by atoms with E-state index in [0.717, 1.165) is 4.90 Å². The molecule has 2 rings (SSSR count). The van der Waals surface area contributed by atoms with Gasteiger partial charge in [-0.25, -0.2) is 4.79 Å². The largest absolute Gasteiger partial charge is 0.461 e. The summed E-state index contributed by atoms with van der Waals surface area (Å²) >= 11 is 0. The number of methoxy groups -OCH3 is 1. The highest BCUT2D eigenvalue weighted by Crippen LogP contribution is 2.18. The van der Waals surface area contributed by atoms with Gasteiger partial charge < -0.3 is 61.3 Å². The van der Waals surface area contributed by atoms with Gasteiger partial charge in [0.05, 0.1) is 46.2 Å². The Bertz CT molecular complexity index is 1680. The third kappa shape index (κ3) is 21.8. The number of imide groups is 1. The molecule has 0 saturated carbocycles. The van der Waals surface area contributed by atoms with Crippen LogP contribution in [0.2, 0.25) is 0 Å². The van der Waals surface area contributed by atoms with E-state index >= 15 is 0 Å². The first kappa shape index (κ1) is 53.4. The van der Waals surface area contributed by atoms with Gasteiger partial charge in [0.15, 0.2) is 0 Å². The third-order valence-corrected chi connectivity index (χ3v) is 9.34. The fourth-order valence-corrected chi connectivity index (χ4v) is 5.90. The lowest BCUT2D eigenvalue weighted by atomic mass is 10.0. The zero-order valence-corrected chi connectivity index (χ0v) is 36.7. The molecule has 1 fully saturated rings. The highest BCUT2D eigenvalue weighted by Gasteiger charge is 2.37. The van der Waals surface area contributed by atoms with Crippen LogP contribution in [0.25, 0.3) is 0 Å². The summed E-state index contributed by atoms with van der Waals surface area (Å²) in [7, 11) is 1.58. The molecule has 1 heterocycles. The van der Waals surface area contributed by atoms with Gasteiger partial charge >= 0.3 is 12.0 Å². The molecular formula is C41H64N8O14. The van der Waals surface area contributed by atoms with Crippen LogP contribution in [0.5, 0.6) is 0 Å². The molecule has 0 aromatic heterocycles. The summed E-state index contributed by atoms with van der Waals surface area (Å²) in [6.45, 7) is 7.93. The average Bonchev–Trinajstić information content (AvgIpc) is 3.47. The van der Waals surface area contributed by atoms with Crippen LogP contribution in [0.1, 0.15) is 65.4 Å². The standard InChI is InChI=1S/C41H64N8O14/c1-26(2)36(39(56)47-31(7-6-14-44-41(42)58)37(54)45-30-10-8-29(9-11-30)25-63-28(4)50)48-38(55)32(46-34(52)24-49-35(53)23-27(3)40(49)57)12-15-43-33(51)13-16-60-19-20-62-22-21-61-18-17-59-5/h8-11,26-27,31-32,36H,6-7,12-25H2,1-5H3,(H,43,51)(H,45,54)(H,46,52)(H,47,56)(H,48,55)(H3,42,44,58)/t27?,31-,32-,36-/m0/s1. The monoisotopic (exact) mass is 892 g/mol. The third-order valence-electron chi connectivity index (χ3n) is 9.34. The van der Waals surface area contributed by atoms with E-state index in [1.165, 1.54) is 6.92 Å². The molecule has 4 atom stereocenters. The van der Waals surface area contributed by atoms with E-state index in [2.05, 4.69) is 31.9 Å². The maximum Gasteiger partial charge on any atom is 0.312 e. The van der Waals surface area contributed by atoms with Gasteiger partial charge in [-0.3, -0.25) is 43.3 Å². The minimum Gasteiger partial charge on any atom is -0.461 e. The van der Waals surface area contributed by atoms with Crippen molar-refractivity contribution < 1.29 is 66.8 Å². The Labute approximate surface area is 367 Å². The number of anilines is 1. The minimum atomic E-state index is -1.34. The fraction of sp³-hybridized carbons (Fsp3) is 0.634. The molecule has 1 aliphatic rings. The number of amides is 9. The number of hydrogen-bond donors (Lipinski definition) is 7. The van der Waals surface area contributed by atoms with E-state index in [1.54, 1.807) is 52.1 Å². The van der Waals surface area contributed by atoms with Crippen molar-refractivity contribution in [3.05, 3.63) is 29.8 Å². The van der Waals surface area contributed by atoms with E-state index < -0.39 is 89.9 Å². The minimum absolute atomic E-state index is 0.00889. The van der Waals surface area contributed by atoms with Crippen molar-refractivity contribution in [3.63, 3.8) is 0 Å². The van der Waals surface area contributed by atoms with Gasteiger partial charge in [0, 0.05) is 51.6 Å². The van der Waals surface area contributed by atoms with Gasteiger partial charge in [-0.05, 0) is 42.9 Å². The number of nitrogens with two attached hydrogens (primary N) is 1. The van der Waals surface area contributed by atoms with Crippen molar-refractivity contribution in [2.75, 3.05) is 78.3 Å². The lowest BCUT2D eigenvalue weighted by Gasteiger charge is -2.27. The van der Waals surface area contributed by atoms with E-state index in [1.807, 2.05) is 0 Å². The molecule has 0 spiro atoms. The maximum atomic E-state index is 13.9. The van der Waals surface area contributed by atoms with Crippen molar-refractivity contribution >= 4 is 59.0 Å². The Morgan fingerprint density at radius 1 is 0.762 bits per heavy atom. The SMILES string of the molecule is COCCOCCOCCOCCC(=O)NCC[C@H](NC(=O)CN1C(=O)CC(C)C1=O)C(=O)N[C@H](C(=O)N[C@@H](CCCNC(N)=O)C(=O)Nc1ccc(COC(C)=O)cc1)C(C)C. The van der Waals surface area contributed by atoms with E-state index in [4.69, 9.17) is 29.4 Å². The Balaban J connectivity index is 2.10. The molecule has 352 valence electrons. The summed E-state index contributed by atoms with van der Waals surface area (Å²) in [6.07, 6.45) is 0.0705. The number of rotatable bonds is 31. The summed E-state index contributed by atoms with van der Waals surface area (Å²) in [5.41, 5.74) is 6.22. The van der Waals surface area contributed by atoms with Gasteiger partial charge in [-0.2, -0.15) is 0 Å². The van der Waals surface area contributed by atoms with Crippen LogP contribution in [-0.4, -0.2) is 149 Å². The normalized spacial score (nSPS) is 15.0. The molecule has 0 aliphatic carbocycles. The average molecular weight is 893 g/mol. The van der Waals surface area contributed by atoms with Gasteiger partial charge in [0.25, 0.3) is 0 Å². The molecule has 1 unspecified atom stereocenters. The number of benzene rings is 1. The van der Waals surface area contributed by atoms with Crippen LogP contribution < -0.4 is 37.6 Å². The highest BCUT2D eigenvalue weighted by molar-refractivity contribution is 6.06. The maximum absolute atomic E-state index is 13.9. The number of ether oxygens (including phenoxy) is 5. The number of primary amides is 1. The van der Waals surface area contributed by atoms with Crippen LogP contribution >= 0.6 is 0 Å². The van der Waals surface area contributed by atoms with Gasteiger partial charge in [-0.1, -0.05) is 32.9 Å². The van der Waals surface area contributed by atoms with Crippen LogP contribution in [0, 0.1) is 11.8 Å². The second kappa shape index (κ2) is 29.6. The van der Waals surface area contributed by atoms with Crippen LogP contribution in [0.4, 0.5) is 10.5 Å². The van der Waals surface area contributed by atoms with Crippen molar-refractivity contribution in [2.24, 2.45) is 17.6 Å². The zero-order chi connectivity index (χ0) is 46.7. The topological polar surface area (TPSA) is 301 Å². The molecule has 8 N–H and O–H groups in total. The summed E-state index contributed by atoms with van der Waals surface area (Å²) in [4.78, 5) is 115. The van der Waals surface area contributed by atoms with Crippen molar-refractivity contribution in [1.82, 2.24) is 31.5 Å².